The summed E-state index contributed by atoms with van der Waals surface area (Å²) in [6, 6.07) is 14.2. The van der Waals surface area contributed by atoms with Gasteiger partial charge in [0.05, 0.1) is 0 Å². The fraction of sp³-hybridized carbons (Fsp3) is 0.412. The largest absolute Gasteiger partial charge is 0.490 e. The minimum Gasteiger partial charge on any atom is -0.490 e. The van der Waals surface area contributed by atoms with Crippen molar-refractivity contribution in [1.82, 2.24) is 10.2 Å². The highest BCUT2D eigenvalue weighted by atomic mass is 16.5. The first-order valence-corrected chi connectivity index (χ1v) is 7.54. The van der Waals surface area contributed by atoms with Crippen LogP contribution in [0, 0.1) is 0 Å². The van der Waals surface area contributed by atoms with E-state index in [4.69, 9.17) is 4.74 Å². The zero-order valence-electron chi connectivity index (χ0n) is 12.2. The molecule has 2 aromatic carbocycles. The van der Waals surface area contributed by atoms with Gasteiger partial charge in [-0.05, 0) is 11.5 Å². The Kier molecular flexibility index (Phi) is 4.70. The lowest BCUT2D eigenvalue weighted by Gasteiger charge is -2.29. The van der Waals surface area contributed by atoms with Crippen LogP contribution in [-0.4, -0.2) is 55.4 Å². The molecule has 0 radical (unpaired) electrons. The summed E-state index contributed by atoms with van der Waals surface area (Å²) >= 11 is 0. The predicted molar refractivity (Wildman–Crippen MR) is 84.8 cm³/mol. The van der Waals surface area contributed by atoms with Gasteiger partial charge in [-0.3, -0.25) is 4.90 Å². The summed E-state index contributed by atoms with van der Waals surface area (Å²) < 4.78 is 5.83. The van der Waals surface area contributed by atoms with Crippen molar-refractivity contribution in [2.24, 2.45) is 0 Å². The van der Waals surface area contributed by atoms with Gasteiger partial charge in [0.15, 0.2) is 0 Å². The smallest absolute Gasteiger partial charge is 0.127 e. The molecule has 112 valence electrons. The average Bonchev–Trinajstić information content (AvgIpc) is 2.54. The van der Waals surface area contributed by atoms with Crippen molar-refractivity contribution in [2.75, 3.05) is 39.3 Å². The van der Waals surface area contributed by atoms with Gasteiger partial charge in [0.1, 0.15) is 18.5 Å². The van der Waals surface area contributed by atoms with E-state index < -0.39 is 6.10 Å². The Morgan fingerprint density at radius 2 is 1.86 bits per heavy atom. The molecule has 1 aliphatic heterocycles. The minimum atomic E-state index is -0.456. The van der Waals surface area contributed by atoms with E-state index in [1.165, 1.54) is 0 Å². The summed E-state index contributed by atoms with van der Waals surface area (Å²) in [5.41, 5.74) is 0. The van der Waals surface area contributed by atoms with Gasteiger partial charge in [-0.2, -0.15) is 0 Å². The SMILES string of the molecule is O[C@@H](COc1cccc2ccccc12)CN1CCNCC1. The van der Waals surface area contributed by atoms with E-state index in [0.29, 0.717) is 13.2 Å². The number of hydrogen-bond donors (Lipinski definition) is 2. The summed E-state index contributed by atoms with van der Waals surface area (Å²) in [6.07, 6.45) is -0.456. The molecule has 4 nitrogen and oxygen atoms in total. The van der Waals surface area contributed by atoms with Crippen molar-refractivity contribution < 1.29 is 9.84 Å². The molecule has 0 amide bonds. The quantitative estimate of drug-likeness (QED) is 0.874. The molecule has 4 heteroatoms. The number of nitrogens with one attached hydrogen (secondary N) is 1. The van der Waals surface area contributed by atoms with E-state index in [-0.39, 0.29) is 0 Å². The third-order valence-electron chi connectivity index (χ3n) is 3.86. The molecule has 2 N–H and O–H groups in total. The molecule has 2 aromatic rings. The van der Waals surface area contributed by atoms with Crippen LogP contribution < -0.4 is 10.1 Å². The van der Waals surface area contributed by atoms with Crippen LogP contribution in [0.4, 0.5) is 0 Å². The van der Waals surface area contributed by atoms with Crippen molar-refractivity contribution >= 4 is 10.8 Å². The monoisotopic (exact) mass is 286 g/mol. The van der Waals surface area contributed by atoms with E-state index in [1.807, 2.05) is 30.3 Å². The molecule has 1 atom stereocenters. The van der Waals surface area contributed by atoms with E-state index >= 15 is 0 Å². The second-order valence-corrected chi connectivity index (χ2v) is 5.49. The number of benzene rings is 2. The van der Waals surface area contributed by atoms with Crippen LogP contribution >= 0.6 is 0 Å². The fourth-order valence-electron chi connectivity index (χ4n) is 2.75. The minimum absolute atomic E-state index is 0.331. The Hall–Kier alpha value is -1.62. The first kappa shape index (κ1) is 14.3. The van der Waals surface area contributed by atoms with E-state index in [9.17, 15) is 5.11 Å². The molecule has 1 saturated heterocycles. The molecule has 1 heterocycles. The second-order valence-electron chi connectivity index (χ2n) is 5.49. The van der Waals surface area contributed by atoms with Crippen LogP contribution in [-0.2, 0) is 0 Å². The highest BCUT2D eigenvalue weighted by molar-refractivity contribution is 5.88. The lowest BCUT2D eigenvalue weighted by molar-refractivity contribution is 0.0646. The Balaban J connectivity index is 1.58. The maximum Gasteiger partial charge on any atom is 0.127 e. The molecule has 0 aliphatic carbocycles. The summed E-state index contributed by atoms with van der Waals surface area (Å²) in [7, 11) is 0. The van der Waals surface area contributed by atoms with E-state index in [2.05, 4.69) is 22.3 Å². The lowest BCUT2D eigenvalue weighted by Crippen LogP contribution is -2.47. The third kappa shape index (κ3) is 3.73. The summed E-state index contributed by atoms with van der Waals surface area (Å²) in [4.78, 5) is 2.27. The second kappa shape index (κ2) is 6.89. The number of piperazine rings is 1. The van der Waals surface area contributed by atoms with Gasteiger partial charge in [0.25, 0.3) is 0 Å². The number of rotatable bonds is 5. The third-order valence-corrected chi connectivity index (χ3v) is 3.86. The molecule has 3 rings (SSSR count). The molecule has 0 aromatic heterocycles. The zero-order valence-corrected chi connectivity index (χ0v) is 12.2. The maximum atomic E-state index is 10.1. The first-order chi connectivity index (χ1) is 10.3. The molecular formula is C17H22N2O2. The molecular weight excluding hydrogens is 264 g/mol. The lowest BCUT2D eigenvalue weighted by atomic mass is 10.1. The number of nitrogens with zero attached hydrogens (tertiary/aromatic N) is 1. The molecule has 1 fully saturated rings. The number of β-amino-alcohol motifs (C(OH)–C–C–N with tert-alkyl or cyclic N) is 1. The van der Waals surface area contributed by atoms with E-state index in [0.717, 1.165) is 42.7 Å². The van der Waals surface area contributed by atoms with Crippen molar-refractivity contribution in [3.05, 3.63) is 42.5 Å². The summed E-state index contributed by atoms with van der Waals surface area (Å²) in [5, 5.41) is 15.7. The van der Waals surface area contributed by atoms with Gasteiger partial charge in [0.2, 0.25) is 0 Å². The van der Waals surface area contributed by atoms with E-state index in [1.54, 1.807) is 0 Å². The van der Waals surface area contributed by atoms with Crippen LogP contribution in [0.25, 0.3) is 10.8 Å². The van der Waals surface area contributed by atoms with Crippen LogP contribution in [0.3, 0.4) is 0 Å². The van der Waals surface area contributed by atoms with Crippen LogP contribution in [0.5, 0.6) is 5.75 Å². The van der Waals surface area contributed by atoms with Gasteiger partial charge in [-0.1, -0.05) is 36.4 Å². The molecule has 0 spiro atoms. The predicted octanol–water partition coefficient (Wildman–Crippen LogP) is 1.48. The average molecular weight is 286 g/mol. The Morgan fingerprint density at radius 3 is 2.71 bits per heavy atom. The Labute approximate surface area is 125 Å². The van der Waals surface area contributed by atoms with Crippen molar-refractivity contribution in [2.45, 2.75) is 6.10 Å². The maximum absolute atomic E-state index is 10.1. The number of fused-ring (bicyclic) bond motifs is 1. The van der Waals surface area contributed by atoms with Crippen LogP contribution in [0.15, 0.2) is 42.5 Å². The summed E-state index contributed by atoms with van der Waals surface area (Å²) in [6.45, 7) is 4.98. The van der Waals surface area contributed by atoms with Crippen molar-refractivity contribution in [1.29, 1.82) is 0 Å². The van der Waals surface area contributed by atoms with Crippen LogP contribution in [0.1, 0.15) is 0 Å². The zero-order chi connectivity index (χ0) is 14.5. The molecule has 0 bridgehead atoms. The molecule has 1 aliphatic rings. The van der Waals surface area contributed by atoms with Gasteiger partial charge >= 0.3 is 0 Å². The number of ether oxygens (including phenoxy) is 1. The normalized spacial score (nSPS) is 17.8. The van der Waals surface area contributed by atoms with Gasteiger partial charge in [-0.25, -0.2) is 0 Å². The first-order valence-electron chi connectivity index (χ1n) is 7.54. The van der Waals surface area contributed by atoms with Crippen molar-refractivity contribution in [3.63, 3.8) is 0 Å². The number of aliphatic hydroxyl groups is 1. The Bertz CT molecular complexity index is 577. The molecule has 21 heavy (non-hydrogen) atoms. The van der Waals surface area contributed by atoms with Gasteiger partial charge in [-0.15, -0.1) is 0 Å². The van der Waals surface area contributed by atoms with Crippen LogP contribution in [0.2, 0.25) is 0 Å². The number of hydrogen-bond acceptors (Lipinski definition) is 4. The Morgan fingerprint density at radius 1 is 1.10 bits per heavy atom. The summed E-state index contributed by atoms with van der Waals surface area (Å²) in [5.74, 6) is 0.840. The topological polar surface area (TPSA) is 44.7 Å². The highest BCUT2D eigenvalue weighted by Crippen LogP contribution is 2.25. The van der Waals surface area contributed by atoms with Gasteiger partial charge in [0, 0.05) is 38.1 Å². The fourth-order valence-corrected chi connectivity index (χ4v) is 2.75. The standard InChI is InChI=1S/C17H22N2O2/c20-15(12-19-10-8-18-9-11-19)13-21-17-7-3-5-14-4-1-2-6-16(14)17/h1-7,15,18,20H,8-13H2/t15-/m1/s1. The van der Waals surface area contributed by atoms with Gasteiger partial charge < -0.3 is 15.2 Å². The highest BCUT2D eigenvalue weighted by Gasteiger charge is 2.15. The number of aliphatic hydroxyl groups excluding tert-OH is 1. The molecule has 0 saturated carbocycles. The van der Waals surface area contributed by atoms with Crippen molar-refractivity contribution in [3.8, 4) is 5.75 Å². The molecule has 0 unspecified atom stereocenters.